The van der Waals surface area contributed by atoms with Crippen LogP contribution in [0, 0.1) is 0 Å². The third-order valence-electron chi connectivity index (χ3n) is 2.44. The Morgan fingerprint density at radius 1 is 1.60 bits per heavy atom. The first-order valence-electron chi connectivity index (χ1n) is 4.85. The predicted molar refractivity (Wildman–Crippen MR) is 61.6 cm³/mol. The van der Waals surface area contributed by atoms with Crippen LogP contribution < -0.4 is 0 Å². The Labute approximate surface area is 102 Å². The number of piperidine rings is 1. The van der Waals surface area contributed by atoms with E-state index in [4.69, 9.17) is 16.0 Å². The highest BCUT2D eigenvalue weighted by Crippen LogP contribution is 2.20. The molecule has 5 heteroatoms. The third-order valence-corrected chi connectivity index (χ3v) is 3.39. The highest BCUT2D eigenvalue weighted by Gasteiger charge is 2.24. The van der Waals surface area contributed by atoms with Crippen LogP contribution in [0.2, 0.25) is 5.22 Å². The summed E-state index contributed by atoms with van der Waals surface area (Å²) in [4.78, 5) is 14.1. The normalized spacial score (nSPS) is 21.7. The number of hydrogen-bond acceptors (Lipinski definition) is 2. The van der Waals surface area contributed by atoms with E-state index >= 15 is 0 Å². The lowest BCUT2D eigenvalue weighted by Gasteiger charge is -2.29. The highest BCUT2D eigenvalue weighted by molar-refractivity contribution is 9.09. The second-order valence-electron chi connectivity index (χ2n) is 3.59. The molecule has 15 heavy (non-hydrogen) atoms. The molecule has 0 saturated carbocycles. The van der Waals surface area contributed by atoms with Crippen LogP contribution in [0.4, 0.5) is 0 Å². The van der Waals surface area contributed by atoms with Crippen molar-refractivity contribution in [2.24, 2.45) is 0 Å². The Morgan fingerprint density at radius 3 is 3.00 bits per heavy atom. The lowest BCUT2D eigenvalue weighted by molar-refractivity contribution is 0.0698. The SMILES string of the molecule is O=C(c1ccc(Cl)o1)N1CCCC(Br)C1. The summed E-state index contributed by atoms with van der Waals surface area (Å²) in [6, 6.07) is 3.20. The average Bonchev–Trinajstić information content (AvgIpc) is 2.64. The largest absolute Gasteiger partial charge is 0.440 e. The van der Waals surface area contributed by atoms with E-state index in [1.54, 1.807) is 17.0 Å². The summed E-state index contributed by atoms with van der Waals surface area (Å²) < 4.78 is 5.09. The number of hydrogen-bond donors (Lipinski definition) is 0. The Balaban J connectivity index is 2.07. The monoisotopic (exact) mass is 291 g/mol. The maximum atomic E-state index is 11.9. The highest BCUT2D eigenvalue weighted by atomic mass is 79.9. The van der Waals surface area contributed by atoms with Gasteiger partial charge in [-0.05, 0) is 36.6 Å². The van der Waals surface area contributed by atoms with Crippen molar-refractivity contribution in [3.63, 3.8) is 0 Å². The van der Waals surface area contributed by atoms with E-state index in [0.717, 1.165) is 25.9 Å². The number of likely N-dealkylation sites (tertiary alicyclic amines) is 1. The van der Waals surface area contributed by atoms with Crippen molar-refractivity contribution in [3.05, 3.63) is 23.1 Å². The molecule has 0 radical (unpaired) electrons. The van der Waals surface area contributed by atoms with E-state index in [0.29, 0.717) is 10.6 Å². The third kappa shape index (κ3) is 2.55. The molecule has 0 N–H and O–H groups in total. The van der Waals surface area contributed by atoms with E-state index in [9.17, 15) is 4.79 Å². The molecule has 1 saturated heterocycles. The smallest absolute Gasteiger partial charge is 0.289 e. The molecule has 0 aromatic carbocycles. The fraction of sp³-hybridized carbons (Fsp3) is 0.500. The van der Waals surface area contributed by atoms with E-state index in [1.807, 2.05) is 0 Å². The molecule has 0 aliphatic carbocycles. The summed E-state index contributed by atoms with van der Waals surface area (Å²) in [5.41, 5.74) is 0. The van der Waals surface area contributed by atoms with Gasteiger partial charge in [-0.25, -0.2) is 0 Å². The molecule has 1 aliphatic rings. The molecular formula is C10H11BrClNO2. The van der Waals surface area contributed by atoms with Gasteiger partial charge < -0.3 is 9.32 Å². The molecule has 1 aromatic heterocycles. The summed E-state index contributed by atoms with van der Waals surface area (Å²) in [5.74, 6) is 0.243. The van der Waals surface area contributed by atoms with Gasteiger partial charge in [-0.15, -0.1) is 0 Å². The maximum Gasteiger partial charge on any atom is 0.289 e. The molecule has 1 aromatic rings. The minimum absolute atomic E-state index is 0.0777. The zero-order valence-electron chi connectivity index (χ0n) is 8.08. The van der Waals surface area contributed by atoms with Crippen LogP contribution in [-0.2, 0) is 0 Å². The number of amides is 1. The molecule has 82 valence electrons. The van der Waals surface area contributed by atoms with Crippen LogP contribution in [0.15, 0.2) is 16.5 Å². The standard InChI is InChI=1S/C10H11BrClNO2/c11-7-2-1-5-13(6-7)10(14)8-3-4-9(12)15-8/h3-4,7H,1-2,5-6H2. The Kier molecular flexibility index (Phi) is 3.36. The van der Waals surface area contributed by atoms with Crippen LogP contribution in [0.5, 0.6) is 0 Å². The fourth-order valence-corrected chi connectivity index (χ4v) is 2.51. The first kappa shape index (κ1) is 11.0. The minimum Gasteiger partial charge on any atom is -0.440 e. The molecular weight excluding hydrogens is 281 g/mol. The van der Waals surface area contributed by atoms with Gasteiger partial charge in [-0.2, -0.15) is 0 Å². The molecule has 1 amide bonds. The van der Waals surface area contributed by atoms with Crippen molar-refractivity contribution in [1.82, 2.24) is 4.90 Å². The Hall–Kier alpha value is -0.480. The summed E-state index contributed by atoms with van der Waals surface area (Å²) >= 11 is 9.15. The van der Waals surface area contributed by atoms with Gasteiger partial charge in [-0.1, -0.05) is 15.9 Å². The predicted octanol–water partition coefficient (Wildman–Crippen LogP) is 2.93. The zero-order chi connectivity index (χ0) is 10.8. The molecule has 1 aliphatic heterocycles. The van der Waals surface area contributed by atoms with Gasteiger partial charge in [0.15, 0.2) is 11.0 Å². The lowest BCUT2D eigenvalue weighted by Crippen LogP contribution is -2.40. The van der Waals surface area contributed by atoms with Crippen LogP contribution in [0.3, 0.4) is 0 Å². The van der Waals surface area contributed by atoms with Gasteiger partial charge in [0.2, 0.25) is 0 Å². The lowest BCUT2D eigenvalue weighted by atomic mass is 10.1. The van der Waals surface area contributed by atoms with Crippen LogP contribution >= 0.6 is 27.5 Å². The number of rotatable bonds is 1. The molecule has 0 spiro atoms. The van der Waals surface area contributed by atoms with Crippen LogP contribution in [0.25, 0.3) is 0 Å². The van der Waals surface area contributed by atoms with Crippen molar-refractivity contribution in [3.8, 4) is 0 Å². The number of carbonyl (C=O) groups excluding carboxylic acids is 1. The second-order valence-corrected chi connectivity index (χ2v) is 5.26. The minimum atomic E-state index is -0.0777. The number of furan rings is 1. The van der Waals surface area contributed by atoms with E-state index in [-0.39, 0.29) is 11.1 Å². The number of carbonyl (C=O) groups is 1. The van der Waals surface area contributed by atoms with Crippen LogP contribution in [0.1, 0.15) is 23.4 Å². The van der Waals surface area contributed by atoms with E-state index in [2.05, 4.69) is 15.9 Å². The first-order chi connectivity index (χ1) is 7.16. The zero-order valence-corrected chi connectivity index (χ0v) is 10.4. The maximum absolute atomic E-state index is 11.9. The first-order valence-corrected chi connectivity index (χ1v) is 6.15. The Bertz CT molecular complexity index is 366. The number of alkyl halides is 1. The average molecular weight is 293 g/mol. The molecule has 1 fully saturated rings. The molecule has 0 bridgehead atoms. The van der Waals surface area contributed by atoms with Gasteiger partial charge in [0.1, 0.15) is 0 Å². The molecule has 1 unspecified atom stereocenters. The van der Waals surface area contributed by atoms with Gasteiger partial charge in [0, 0.05) is 17.9 Å². The quantitative estimate of drug-likeness (QED) is 0.746. The van der Waals surface area contributed by atoms with Crippen molar-refractivity contribution in [2.75, 3.05) is 13.1 Å². The molecule has 1 atom stereocenters. The molecule has 2 heterocycles. The number of halogens is 2. The van der Waals surface area contributed by atoms with Crippen LogP contribution in [-0.4, -0.2) is 28.7 Å². The van der Waals surface area contributed by atoms with Gasteiger partial charge in [0.25, 0.3) is 5.91 Å². The molecule has 3 nitrogen and oxygen atoms in total. The fourth-order valence-electron chi connectivity index (χ4n) is 1.69. The second kappa shape index (κ2) is 4.58. The van der Waals surface area contributed by atoms with Crippen molar-refractivity contribution < 1.29 is 9.21 Å². The summed E-state index contributed by atoms with van der Waals surface area (Å²) in [6.45, 7) is 1.52. The van der Waals surface area contributed by atoms with Gasteiger partial charge in [0.05, 0.1) is 0 Å². The topological polar surface area (TPSA) is 33.5 Å². The number of nitrogens with zero attached hydrogens (tertiary/aromatic N) is 1. The van der Waals surface area contributed by atoms with Crippen molar-refractivity contribution in [2.45, 2.75) is 17.7 Å². The van der Waals surface area contributed by atoms with Gasteiger partial charge >= 0.3 is 0 Å². The van der Waals surface area contributed by atoms with Crippen molar-refractivity contribution >= 4 is 33.4 Å². The summed E-state index contributed by atoms with van der Waals surface area (Å²) in [5, 5.41) is 0.255. The Morgan fingerprint density at radius 2 is 2.40 bits per heavy atom. The summed E-state index contributed by atoms with van der Waals surface area (Å²) in [7, 11) is 0. The van der Waals surface area contributed by atoms with Crippen molar-refractivity contribution in [1.29, 1.82) is 0 Å². The molecule has 2 rings (SSSR count). The van der Waals surface area contributed by atoms with E-state index < -0.39 is 0 Å². The summed E-state index contributed by atoms with van der Waals surface area (Å²) in [6.07, 6.45) is 2.14. The van der Waals surface area contributed by atoms with E-state index in [1.165, 1.54) is 0 Å². The van der Waals surface area contributed by atoms with Gasteiger partial charge in [-0.3, -0.25) is 4.79 Å².